The average molecular weight is 364 g/mol. The zero-order valence-electron chi connectivity index (χ0n) is 14.2. The van der Waals surface area contributed by atoms with Gasteiger partial charge >= 0.3 is 0 Å². The number of hydrogen-bond acceptors (Lipinski definition) is 3. The molecule has 1 atom stereocenters. The number of pyridine rings is 2. The maximum atomic E-state index is 12.7. The van der Waals surface area contributed by atoms with Crippen LogP contribution < -0.4 is 0 Å². The van der Waals surface area contributed by atoms with Gasteiger partial charge in [-0.25, -0.2) is 4.98 Å². The first-order valence-electron chi connectivity index (χ1n) is 8.66. The minimum atomic E-state index is 0.0114. The lowest BCUT2D eigenvalue weighted by atomic mass is 10.1. The molecule has 4 nitrogen and oxygen atoms in total. The highest BCUT2D eigenvalue weighted by Crippen LogP contribution is 2.31. The number of carbonyl (C=O) groups is 1. The summed E-state index contributed by atoms with van der Waals surface area (Å²) in [7, 11) is 0. The topological polar surface area (TPSA) is 46.1 Å². The molecule has 1 unspecified atom stereocenters. The van der Waals surface area contributed by atoms with E-state index in [1.165, 1.54) is 0 Å². The molecule has 0 N–H and O–H groups in total. The monoisotopic (exact) mass is 363 g/mol. The van der Waals surface area contributed by atoms with Crippen LogP contribution >= 0.6 is 11.6 Å². The lowest BCUT2D eigenvalue weighted by molar-refractivity contribution is -0.126. The number of benzene rings is 1. The Kier molecular flexibility index (Phi) is 4.67. The molecule has 0 saturated carbocycles. The standard InChI is InChI=1S/C21H18ClN3O/c22-17-5-3-15-4-6-18(24-19(15)14-17)7-8-21(26)25-13-1-2-20(25)16-9-11-23-12-10-16/h3-12,14,20H,1-2,13H2/b8-7+. The van der Waals surface area contributed by atoms with Gasteiger partial charge in [0, 0.05) is 35.4 Å². The molecular formula is C21H18ClN3O. The molecule has 0 aliphatic carbocycles. The third-order valence-electron chi connectivity index (χ3n) is 4.70. The van der Waals surface area contributed by atoms with Crippen LogP contribution in [0.15, 0.2) is 60.9 Å². The average Bonchev–Trinajstić information content (AvgIpc) is 3.16. The van der Waals surface area contributed by atoms with E-state index < -0.39 is 0 Å². The van der Waals surface area contributed by atoms with Crippen molar-refractivity contribution >= 4 is 34.5 Å². The van der Waals surface area contributed by atoms with Gasteiger partial charge in [0.15, 0.2) is 0 Å². The lowest BCUT2D eigenvalue weighted by Gasteiger charge is -2.23. The number of amides is 1. The van der Waals surface area contributed by atoms with E-state index in [9.17, 15) is 4.79 Å². The number of rotatable bonds is 3. The van der Waals surface area contributed by atoms with Crippen LogP contribution in [0.25, 0.3) is 17.0 Å². The Hall–Kier alpha value is -2.72. The summed E-state index contributed by atoms with van der Waals surface area (Å²) in [6.45, 7) is 0.775. The molecule has 130 valence electrons. The van der Waals surface area contributed by atoms with Crippen LogP contribution in [0.3, 0.4) is 0 Å². The molecule has 3 heterocycles. The van der Waals surface area contributed by atoms with Gasteiger partial charge < -0.3 is 4.90 Å². The smallest absolute Gasteiger partial charge is 0.247 e. The summed E-state index contributed by atoms with van der Waals surface area (Å²) >= 11 is 6.04. The number of nitrogens with zero attached hydrogens (tertiary/aromatic N) is 3. The highest BCUT2D eigenvalue weighted by Gasteiger charge is 2.28. The Morgan fingerprint density at radius 2 is 1.96 bits per heavy atom. The van der Waals surface area contributed by atoms with Crippen LogP contribution in [0, 0.1) is 0 Å². The second-order valence-electron chi connectivity index (χ2n) is 6.38. The van der Waals surface area contributed by atoms with Crippen molar-refractivity contribution in [3.8, 4) is 0 Å². The first-order chi connectivity index (χ1) is 12.7. The van der Waals surface area contributed by atoms with Gasteiger partial charge in [0.25, 0.3) is 0 Å². The summed E-state index contributed by atoms with van der Waals surface area (Å²) in [6.07, 6.45) is 8.92. The maximum absolute atomic E-state index is 12.7. The van der Waals surface area contributed by atoms with Gasteiger partial charge in [-0.05, 0) is 54.8 Å². The quantitative estimate of drug-likeness (QED) is 0.636. The van der Waals surface area contributed by atoms with Crippen LogP contribution in [0.5, 0.6) is 0 Å². The number of halogens is 1. The molecule has 3 aromatic rings. The molecule has 1 saturated heterocycles. The minimum absolute atomic E-state index is 0.0114. The first kappa shape index (κ1) is 16.7. The number of carbonyl (C=O) groups excluding carboxylic acids is 1. The van der Waals surface area contributed by atoms with E-state index in [4.69, 9.17) is 11.6 Å². The van der Waals surface area contributed by atoms with Crippen LogP contribution in [0.1, 0.15) is 30.1 Å². The summed E-state index contributed by atoms with van der Waals surface area (Å²) in [4.78, 5) is 23.2. The summed E-state index contributed by atoms with van der Waals surface area (Å²) in [5.74, 6) is 0.0114. The zero-order chi connectivity index (χ0) is 17.9. The normalized spacial score (nSPS) is 17.3. The van der Waals surface area contributed by atoms with Crippen LogP contribution in [0.2, 0.25) is 5.02 Å². The number of hydrogen-bond donors (Lipinski definition) is 0. The molecule has 2 aromatic heterocycles. The Labute approximate surface area is 157 Å². The summed E-state index contributed by atoms with van der Waals surface area (Å²) in [6, 6.07) is 13.6. The number of fused-ring (bicyclic) bond motifs is 1. The van der Waals surface area contributed by atoms with Gasteiger partial charge in [-0.15, -0.1) is 0 Å². The predicted molar refractivity (Wildman–Crippen MR) is 104 cm³/mol. The molecule has 1 amide bonds. The van der Waals surface area contributed by atoms with Crippen molar-refractivity contribution in [2.75, 3.05) is 6.54 Å². The number of aromatic nitrogens is 2. The molecule has 26 heavy (non-hydrogen) atoms. The summed E-state index contributed by atoms with van der Waals surface area (Å²) < 4.78 is 0. The lowest BCUT2D eigenvalue weighted by Crippen LogP contribution is -2.28. The fourth-order valence-electron chi connectivity index (χ4n) is 3.41. The molecule has 5 heteroatoms. The highest BCUT2D eigenvalue weighted by atomic mass is 35.5. The van der Waals surface area contributed by atoms with Gasteiger partial charge in [0.1, 0.15) is 0 Å². The SMILES string of the molecule is O=C(/C=C/c1ccc2ccc(Cl)cc2n1)N1CCCC1c1ccncc1. The minimum Gasteiger partial charge on any atom is -0.332 e. The van der Waals surface area contributed by atoms with E-state index in [-0.39, 0.29) is 11.9 Å². The van der Waals surface area contributed by atoms with E-state index in [0.29, 0.717) is 5.02 Å². The van der Waals surface area contributed by atoms with Crippen LogP contribution in [-0.4, -0.2) is 27.3 Å². The molecule has 1 aliphatic rings. The van der Waals surface area contributed by atoms with E-state index in [2.05, 4.69) is 9.97 Å². The molecule has 1 fully saturated rings. The van der Waals surface area contributed by atoms with Gasteiger partial charge in [-0.1, -0.05) is 23.7 Å². The maximum Gasteiger partial charge on any atom is 0.247 e. The second kappa shape index (κ2) is 7.26. The van der Waals surface area contributed by atoms with Gasteiger partial charge in [0.2, 0.25) is 5.91 Å². The predicted octanol–water partition coefficient (Wildman–Crippen LogP) is 4.66. The van der Waals surface area contributed by atoms with Crippen LogP contribution in [-0.2, 0) is 4.79 Å². The third kappa shape index (κ3) is 3.46. The molecular weight excluding hydrogens is 346 g/mol. The van der Waals surface area contributed by atoms with E-state index in [1.54, 1.807) is 24.5 Å². The van der Waals surface area contributed by atoms with E-state index in [0.717, 1.165) is 41.5 Å². The van der Waals surface area contributed by atoms with E-state index >= 15 is 0 Å². The third-order valence-corrected chi connectivity index (χ3v) is 4.93. The van der Waals surface area contributed by atoms with Crippen molar-refractivity contribution in [2.45, 2.75) is 18.9 Å². The Balaban J connectivity index is 1.53. The Morgan fingerprint density at radius 1 is 1.15 bits per heavy atom. The van der Waals surface area contributed by atoms with Crippen molar-refractivity contribution < 1.29 is 4.79 Å². The first-order valence-corrected chi connectivity index (χ1v) is 9.03. The number of likely N-dealkylation sites (tertiary alicyclic amines) is 1. The molecule has 1 aromatic carbocycles. The second-order valence-corrected chi connectivity index (χ2v) is 6.81. The molecule has 1 aliphatic heterocycles. The van der Waals surface area contributed by atoms with Crippen molar-refractivity contribution in [1.82, 2.24) is 14.9 Å². The summed E-state index contributed by atoms with van der Waals surface area (Å²) in [5.41, 5.74) is 2.70. The van der Waals surface area contributed by atoms with Gasteiger partial charge in [-0.3, -0.25) is 9.78 Å². The van der Waals surface area contributed by atoms with Crippen molar-refractivity contribution in [3.63, 3.8) is 0 Å². The highest BCUT2D eigenvalue weighted by molar-refractivity contribution is 6.31. The Morgan fingerprint density at radius 3 is 2.81 bits per heavy atom. The Bertz CT molecular complexity index is 971. The zero-order valence-corrected chi connectivity index (χ0v) is 14.9. The van der Waals surface area contributed by atoms with Crippen molar-refractivity contribution in [2.24, 2.45) is 0 Å². The van der Waals surface area contributed by atoms with E-state index in [1.807, 2.05) is 47.4 Å². The van der Waals surface area contributed by atoms with Gasteiger partial charge in [-0.2, -0.15) is 0 Å². The van der Waals surface area contributed by atoms with Crippen molar-refractivity contribution in [1.29, 1.82) is 0 Å². The van der Waals surface area contributed by atoms with Gasteiger partial charge in [0.05, 0.1) is 17.3 Å². The van der Waals surface area contributed by atoms with Crippen LogP contribution in [0.4, 0.5) is 0 Å². The molecule has 4 rings (SSSR count). The fraction of sp³-hybridized carbons (Fsp3) is 0.190. The molecule has 0 spiro atoms. The molecule has 0 radical (unpaired) electrons. The fourth-order valence-corrected chi connectivity index (χ4v) is 3.58. The summed E-state index contributed by atoms with van der Waals surface area (Å²) in [5, 5.41) is 1.68. The van der Waals surface area contributed by atoms with Crippen molar-refractivity contribution in [3.05, 3.63) is 77.2 Å². The largest absolute Gasteiger partial charge is 0.332 e. The molecule has 0 bridgehead atoms.